The Morgan fingerprint density at radius 3 is 2.67 bits per heavy atom. The summed E-state index contributed by atoms with van der Waals surface area (Å²) in [4.78, 5) is 4.85. The molecule has 0 aliphatic carbocycles. The van der Waals surface area contributed by atoms with Crippen LogP contribution in [0, 0.1) is 6.92 Å². The number of aryl methyl sites for hydroxylation is 1. The first-order valence-electron chi connectivity index (χ1n) is 8.67. The monoisotopic (exact) mass is 363 g/mol. The third kappa shape index (κ3) is 3.21. The van der Waals surface area contributed by atoms with Gasteiger partial charge < -0.3 is 19.2 Å². The molecule has 138 valence electrons. The highest BCUT2D eigenvalue weighted by atomic mass is 16.5. The molecule has 4 rings (SSSR count). The first kappa shape index (κ1) is 17.0. The van der Waals surface area contributed by atoms with Gasteiger partial charge in [-0.1, -0.05) is 0 Å². The Morgan fingerprint density at radius 1 is 1.07 bits per heavy atom. The molecule has 0 aliphatic heterocycles. The van der Waals surface area contributed by atoms with Crippen LogP contribution in [0.3, 0.4) is 0 Å². The molecule has 3 heterocycles. The lowest BCUT2D eigenvalue weighted by atomic mass is 10.1. The Kier molecular flexibility index (Phi) is 4.46. The van der Waals surface area contributed by atoms with Gasteiger partial charge in [0, 0.05) is 11.8 Å². The number of nitrogens with one attached hydrogen (secondary N) is 1. The average molecular weight is 363 g/mol. The summed E-state index contributed by atoms with van der Waals surface area (Å²) in [6, 6.07) is 13.7. The zero-order valence-corrected chi connectivity index (χ0v) is 15.5. The second-order valence-corrected chi connectivity index (χ2v) is 6.24. The topological polar surface area (TPSA) is 60.9 Å². The number of imidazole rings is 1. The van der Waals surface area contributed by atoms with Crippen molar-refractivity contribution in [1.82, 2.24) is 9.38 Å². The predicted molar refractivity (Wildman–Crippen MR) is 105 cm³/mol. The molecule has 0 bridgehead atoms. The summed E-state index contributed by atoms with van der Waals surface area (Å²) in [5.41, 5.74) is 3.81. The van der Waals surface area contributed by atoms with E-state index in [0.717, 1.165) is 34.0 Å². The van der Waals surface area contributed by atoms with Crippen LogP contribution >= 0.6 is 0 Å². The van der Waals surface area contributed by atoms with Gasteiger partial charge in [0.2, 0.25) is 0 Å². The Labute approximate surface area is 157 Å². The van der Waals surface area contributed by atoms with Crippen LogP contribution < -0.4 is 14.8 Å². The molecule has 27 heavy (non-hydrogen) atoms. The number of pyridine rings is 1. The fourth-order valence-electron chi connectivity index (χ4n) is 3.08. The molecule has 0 radical (unpaired) electrons. The number of anilines is 1. The molecule has 3 aromatic heterocycles. The maximum absolute atomic E-state index is 5.46. The number of methoxy groups -OCH3 is 2. The van der Waals surface area contributed by atoms with Gasteiger partial charge in [0.25, 0.3) is 0 Å². The fraction of sp³-hybridized carbons (Fsp3) is 0.190. The van der Waals surface area contributed by atoms with Gasteiger partial charge in [-0.25, -0.2) is 4.98 Å². The maximum atomic E-state index is 5.46. The van der Waals surface area contributed by atoms with E-state index in [1.165, 1.54) is 0 Å². The summed E-state index contributed by atoms with van der Waals surface area (Å²) in [6.45, 7) is 2.62. The van der Waals surface area contributed by atoms with Gasteiger partial charge >= 0.3 is 0 Å². The predicted octanol–water partition coefficient (Wildman–Crippen LogP) is 4.53. The van der Waals surface area contributed by atoms with Crippen molar-refractivity contribution in [3.63, 3.8) is 0 Å². The molecule has 0 atom stereocenters. The molecule has 0 saturated carbocycles. The third-order valence-electron chi connectivity index (χ3n) is 4.45. The van der Waals surface area contributed by atoms with E-state index in [2.05, 4.69) is 24.4 Å². The molecule has 1 aromatic carbocycles. The summed E-state index contributed by atoms with van der Waals surface area (Å²) in [5.74, 6) is 3.11. The summed E-state index contributed by atoms with van der Waals surface area (Å²) in [6.07, 6.45) is 3.69. The lowest BCUT2D eigenvalue weighted by molar-refractivity contribution is 0.355. The molecule has 0 fully saturated rings. The standard InChI is InChI=1S/C21H21N3O3/c1-14-8-9-24-19(11-14)23-20(21(24)22-13-16-5-4-10-27-16)15-6-7-17(25-2)18(12-15)26-3/h4-12,22H,13H2,1-3H3. The van der Waals surface area contributed by atoms with Crippen LogP contribution in [0.15, 0.2) is 59.3 Å². The summed E-state index contributed by atoms with van der Waals surface area (Å²) in [5, 5.41) is 3.46. The van der Waals surface area contributed by atoms with Crippen molar-refractivity contribution in [2.24, 2.45) is 0 Å². The number of furan rings is 1. The van der Waals surface area contributed by atoms with Gasteiger partial charge in [0.05, 0.1) is 27.0 Å². The van der Waals surface area contributed by atoms with Gasteiger partial charge in [0.15, 0.2) is 11.5 Å². The normalized spacial score (nSPS) is 10.9. The van der Waals surface area contributed by atoms with E-state index in [9.17, 15) is 0 Å². The van der Waals surface area contributed by atoms with Crippen molar-refractivity contribution in [2.75, 3.05) is 19.5 Å². The average Bonchev–Trinajstić information content (AvgIpc) is 3.33. The van der Waals surface area contributed by atoms with Crippen molar-refractivity contribution in [1.29, 1.82) is 0 Å². The molecular weight excluding hydrogens is 342 g/mol. The Hall–Kier alpha value is -3.41. The number of hydrogen-bond acceptors (Lipinski definition) is 5. The van der Waals surface area contributed by atoms with Crippen molar-refractivity contribution >= 4 is 11.5 Å². The number of hydrogen-bond donors (Lipinski definition) is 1. The van der Waals surface area contributed by atoms with Gasteiger partial charge in [-0.3, -0.25) is 4.40 Å². The summed E-state index contributed by atoms with van der Waals surface area (Å²) in [7, 11) is 3.26. The van der Waals surface area contributed by atoms with Crippen molar-refractivity contribution < 1.29 is 13.9 Å². The first-order valence-corrected chi connectivity index (χ1v) is 8.67. The van der Waals surface area contributed by atoms with E-state index >= 15 is 0 Å². The quantitative estimate of drug-likeness (QED) is 0.545. The molecule has 6 heteroatoms. The van der Waals surface area contributed by atoms with Gasteiger partial charge in [0.1, 0.15) is 22.9 Å². The highest BCUT2D eigenvalue weighted by Crippen LogP contribution is 2.35. The molecule has 1 N–H and O–H groups in total. The highest BCUT2D eigenvalue weighted by Gasteiger charge is 2.16. The van der Waals surface area contributed by atoms with E-state index in [1.807, 2.05) is 40.9 Å². The third-order valence-corrected chi connectivity index (χ3v) is 4.45. The summed E-state index contributed by atoms with van der Waals surface area (Å²) >= 11 is 0. The number of benzene rings is 1. The molecule has 0 saturated heterocycles. The largest absolute Gasteiger partial charge is 0.493 e. The van der Waals surface area contributed by atoms with Crippen molar-refractivity contribution in [3.8, 4) is 22.8 Å². The second kappa shape index (κ2) is 7.07. The number of aromatic nitrogens is 2. The number of ether oxygens (including phenoxy) is 2. The van der Waals surface area contributed by atoms with Gasteiger partial charge in [-0.05, 0) is 55.0 Å². The van der Waals surface area contributed by atoms with Crippen LogP contribution in [0.2, 0.25) is 0 Å². The van der Waals surface area contributed by atoms with E-state index < -0.39 is 0 Å². The molecule has 4 aromatic rings. The minimum absolute atomic E-state index is 0.564. The van der Waals surface area contributed by atoms with E-state index in [0.29, 0.717) is 18.0 Å². The van der Waals surface area contributed by atoms with Crippen LogP contribution in [0.25, 0.3) is 16.9 Å². The molecule has 0 amide bonds. The van der Waals surface area contributed by atoms with Crippen molar-refractivity contribution in [3.05, 3.63) is 66.2 Å². The minimum Gasteiger partial charge on any atom is -0.493 e. The van der Waals surface area contributed by atoms with E-state index in [-0.39, 0.29) is 0 Å². The smallest absolute Gasteiger partial charge is 0.161 e. The molecular formula is C21H21N3O3. The van der Waals surface area contributed by atoms with Crippen LogP contribution in [0.4, 0.5) is 5.82 Å². The fourth-order valence-corrected chi connectivity index (χ4v) is 3.08. The van der Waals surface area contributed by atoms with Crippen molar-refractivity contribution in [2.45, 2.75) is 13.5 Å². The van der Waals surface area contributed by atoms with Gasteiger partial charge in [-0.15, -0.1) is 0 Å². The van der Waals surface area contributed by atoms with E-state index in [4.69, 9.17) is 18.9 Å². The Balaban J connectivity index is 1.82. The SMILES string of the molecule is COc1ccc(-c2nc3cc(C)ccn3c2NCc2ccco2)cc1OC. The summed E-state index contributed by atoms with van der Waals surface area (Å²) < 4.78 is 18.3. The number of nitrogens with zero attached hydrogens (tertiary/aromatic N) is 2. The van der Waals surface area contributed by atoms with Crippen LogP contribution in [0.1, 0.15) is 11.3 Å². The lowest BCUT2D eigenvalue weighted by Gasteiger charge is -2.11. The lowest BCUT2D eigenvalue weighted by Crippen LogP contribution is -2.02. The zero-order valence-electron chi connectivity index (χ0n) is 15.5. The van der Waals surface area contributed by atoms with E-state index in [1.54, 1.807) is 20.5 Å². The highest BCUT2D eigenvalue weighted by molar-refractivity contribution is 5.78. The minimum atomic E-state index is 0.564. The zero-order chi connectivity index (χ0) is 18.8. The molecule has 0 unspecified atom stereocenters. The number of rotatable bonds is 6. The Morgan fingerprint density at radius 2 is 1.93 bits per heavy atom. The van der Waals surface area contributed by atoms with Crippen LogP contribution in [0.5, 0.6) is 11.5 Å². The molecule has 0 spiro atoms. The second-order valence-electron chi connectivity index (χ2n) is 6.24. The molecule has 6 nitrogen and oxygen atoms in total. The maximum Gasteiger partial charge on any atom is 0.161 e. The number of fused-ring (bicyclic) bond motifs is 1. The van der Waals surface area contributed by atoms with Crippen LogP contribution in [-0.2, 0) is 6.54 Å². The van der Waals surface area contributed by atoms with Gasteiger partial charge in [-0.2, -0.15) is 0 Å². The molecule has 0 aliphatic rings. The Bertz CT molecular complexity index is 1070. The van der Waals surface area contributed by atoms with Crippen LogP contribution in [-0.4, -0.2) is 23.6 Å². The first-order chi connectivity index (χ1) is 13.2.